The number of amides is 1. The molecule has 0 aromatic heterocycles. The summed E-state index contributed by atoms with van der Waals surface area (Å²) < 4.78 is 25.8. The molecule has 22 heavy (non-hydrogen) atoms. The Hall–Kier alpha value is -1.73. The summed E-state index contributed by atoms with van der Waals surface area (Å²) in [4.78, 5) is 24.5. The maximum absolute atomic E-state index is 13.0. The second-order valence-electron chi connectivity index (χ2n) is 5.07. The molecule has 1 aromatic rings. The standard InChI is InChI=1S/C14H16F2N2O3.ClH/c15-11-2-1-10(7-12(11)16)17-13(19)8-18-5-3-9(4-6-18)14(20)21;/h1-2,7,9H,3-6,8H2,(H,17,19)(H,20,21);1H. The van der Waals surface area contributed by atoms with E-state index in [-0.39, 0.29) is 36.5 Å². The van der Waals surface area contributed by atoms with E-state index in [0.29, 0.717) is 25.9 Å². The third-order valence-corrected chi connectivity index (χ3v) is 3.51. The molecular weight excluding hydrogens is 318 g/mol. The molecule has 0 aliphatic carbocycles. The number of nitrogens with one attached hydrogen (secondary N) is 1. The zero-order valence-corrected chi connectivity index (χ0v) is 12.5. The van der Waals surface area contributed by atoms with E-state index in [4.69, 9.17) is 5.11 Å². The number of nitrogens with zero attached hydrogens (tertiary/aromatic N) is 1. The monoisotopic (exact) mass is 334 g/mol. The molecule has 0 unspecified atom stereocenters. The second-order valence-corrected chi connectivity index (χ2v) is 5.07. The van der Waals surface area contributed by atoms with Gasteiger partial charge in [-0.3, -0.25) is 14.5 Å². The van der Waals surface area contributed by atoms with Gasteiger partial charge >= 0.3 is 5.97 Å². The summed E-state index contributed by atoms with van der Waals surface area (Å²) in [6.45, 7) is 1.16. The summed E-state index contributed by atoms with van der Waals surface area (Å²) in [6.07, 6.45) is 1.02. The fourth-order valence-electron chi connectivity index (χ4n) is 2.32. The number of carbonyl (C=O) groups excluding carboxylic acids is 1. The maximum Gasteiger partial charge on any atom is 0.306 e. The highest BCUT2D eigenvalue weighted by molar-refractivity contribution is 5.92. The molecule has 0 bridgehead atoms. The summed E-state index contributed by atoms with van der Waals surface area (Å²) >= 11 is 0. The number of carboxylic acid groups (broad SMARTS) is 1. The molecule has 0 radical (unpaired) electrons. The lowest BCUT2D eigenvalue weighted by atomic mass is 9.97. The predicted molar refractivity (Wildman–Crippen MR) is 79.0 cm³/mol. The van der Waals surface area contributed by atoms with Crippen LogP contribution in [0.3, 0.4) is 0 Å². The summed E-state index contributed by atoms with van der Waals surface area (Å²) in [6, 6.07) is 3.15. The van der Waals surface area contributed by atoms with Gasteiger partial charge in [-0.15, -0.1) is 12.4 Å². The van der Waals surface area contributed by atoms with Crippen molar-refractivity contribution in [2.75, 3.05) is 25.0 Å². The number of likely N-dealkylation sites (tertiary alicyclic amines) is 1. The molecule has 2 rings (SSSR count). The number of carbonyl (C=O) groups is 2. The van der Waals surface area contributed by atoms with Crippen LogP contribution in [0.15, 0.2) is 18.2 Å². The quantitative estimate of drug-likeness (QED) is 0.885. The highest BCUT2D eigenvalue weighted by Gasteiger charge is 2.25. The van der Waals surface area contributed by atoms with Crippen LogP contribution in [0.4, 0.5) is 14.5 Å². The SMILES string of the molecule is Cl.O=C(CN1CCC(C(=O)O)CC1)Nc1ccc(F)c(F)c1. The Bertz CT molecular complexity index is 549. The van der Waals surface area contributed by atoms with Crippen molar-refractivity contribution < 1.29 is 23.5 Å². The molecule has 122 valence electrons. The number of aliphatic carboxylic acids is 1. The minimum absolute atomic E-state index is 0. The Labute approximate surface area is 132 Å². The van der Waals surface area contributed by atoms with E-state index in [1.165, 1.54) is 6.07 Å². The van der Waals surface area contributed by atoms with Crippen molar-refractivity contribution in [3.05, 3.63) is 29.8 Å². The normalized spacial score (nSPS) is 15.9. The zero-order chi connectivity index (χ0) is 15.4. The van der Waals surface area contributed by atoms with Gasteiger partial charge in [-0.1, -0.05) is 0 Å². The van der Waals surface area contributed by atoms with Gasteiger partial charge in [-0.05, 0) is 38.1 Å². The molecular formula is C14H17ClF2N2O3. The Morgan fingerprint density at radius 3 is 2.41 bits per heavy atom. The molecule has 1 saturated heterocycles. The Balaban J connectivity index is 0.00000242. The van der Waals surface area contributed by atoms with E-state index in [0.717, 1.165) is 12.1 Å². The Morgan fingerprint density at radius 1 is 1.23 bits per heavy atom. The van der Waals surface area contributed by atoms with Gasteiger partial charge in [0, 0.05) is 11.8 Å². The lowest BCUT2D eigenvalue weighted by Crippen LogP contribution is -2.40. The van der Waals surface area contributed by atoms with Gasteiger partial charge in [0.15, 0.2) is 11.6 Å². The summed E-state index contributed by atoms with van der Waals surface area (Å²) in [7, 11) is 0. The molecule has 2 N–H and O–H groups in total. The van der Waals surface area contributed by atoms with Crippen LogP contribution < -0.4 is 5.32 Å². The van der Waals surface area contributed by atoms with Gasteiger partial charge in [0.25, 0.3) is 0 Å². The maximum atomic E-state index is 13.0. The van der Waals surface area contributed by atoms with Gasteiger partial charge in [0.05, 0.1) is 12.5 Å². The van der Waals surface area contributed by atoms with Gasteiger partial charge in [0.2, 0.25) is 5.91 Å². The average molecular weight is 335 g/mol. The van der Waals surface area contributed by atoms with Gasteiger partial charge in [-0.2, -0.15) is 0 Å². The minimum Gasteiger partial charge on any atom is -0.481 e. The molecule has 1 aromatic carbocycles. The van der Waals surface area contributed by atoms with Crippen LogP contribution in [0.5, 0.6) is 0 Å². The lowest BCUT2D eigenvalue weighted by molar-refractivity contribution is -0.143. The molecule has 1 heterocycles. The van der Waals surface area contributed by atoms with Crippen LogP contribution in [0.25, 0.3) is 0 Å². The fourth-order valence-corrected chi connectivity index (χ4v) is 2.32. The number of rotatable bonds is 4. The van der Waals surface area contributed by atoms with Crippen molar-refractivity contribution in [1.82, 2.24) is 4.90 Å². The minimum atomic E-state index is -1.02. The van der Waals surface area contributed by atoms with E-state index in [1.54, 1.807) is 0 Å². The highest BCUT2D eigenvalue weighted by atomic mass is 35.5. The first-order valence-corrected chi connectivity index (χ1v) is 6.66. The summed E-state index contributed by atoms with van der Waals surface area (Å²) in [5, 5.41) is 11.4. The smallest absolute Gasteiger partial charge is 0.306 e. The molecule has 0 spiro atoms. The predicted octanol–water partition coefficient (Wildman–Crippen LogP) is 2.12. The molecule has 1 aliphatic rings. The molecule has 1 amide bonds. The lowest BCUT2D eigenvalue weighted by Gasteiger charge is -2.29. The molecule has 0 saturated carbocycles. The molecule has 0 atom stereocenters. The molecule has 5 nitrogen and oxygen atoms in total. The third-order valence-electron chi connectivity index (χ3n) is 3.51. The third kappa shape index (κ3) is 4.92. The van der Waals surface area contributed by atoms with Gasteiger partial charge < -0.3 is 10.4 Å². The zero-order valence-electron chi connectivity index (χ0n) is 11.7. The van der Waals surface area contributed by atoms with Crippen molar-refractivity contribution in [1.29, 1.82) is 0 Å². The molecule has 1 aliphatic heterocycles. The highest BCUT2D eigenvalue weighted by Crippen LogP contribution is 2.17. The fraction of sp³-hybridized carbons (Fsp3) is 0.429. The average Bonchev–Trinajstić information content (AvgIpc) is 2.43. The second kappa shape index (κ2) is 8.05. The molecule has 8 heteroatoms. The van der Waals surface area contributed by atoms with E-state index < -0.39 is 17.6 Å². The van der Waals surface area contributed by atoms with Gasteiger partial charge in [-0.25, -0.2) is 8.78 Å². The topological polar surface area (TPSA) is 69.6 Å². The number of benzene rings is 1. The van der Waals surface area contributed by atoms with Crippen LogP contribution in [0, 0.1) is 17.6 Å². The van der Waals surface area contributed by atoms with Crippen molar-refractivity contribution in [3.63, 3.8) is 0 Å². The van der Waals surface area contributed by atoms with Crippen molar-refractivity contribution >= 4 is 30.0 Å². The van der Waals surface area contributed by atoms with E-state index in [9.17, 15) is 18.4 Å². The van der Waals surface area contributed by atoms with Crippen LogP contribution in [0.1, 0.15) is 12.8 Å². The number of piperidine rings is 1. The number of carboxylic acids is 1. The summed E-state index contributed by atoms with van der Waals surface area (Å²) in [5.74, 6) is -3.48. The van der Waals surface area contributed by atoms with Gasteiger partial charge in [0.1, 0.15) is 0 Å². The largest absolute Gasteiger partial charge is 0.481 e. The number of hydrogen-bond donors (Lipinski definition) is 2. The van der Waals surface area contributed by atoms with Crippen LogP contribution in [0.2, 0.25) is 0 Å². The first kappa shape index (κ1) is 18.3. The number of anilines is 1. The van der Waals surface area contributed by atoms with E-state index in [2.05, 4.69) is 5.32 Å². The van der Waals surface area contributed by atoms with Crippen molar-refractivity contribution in [3.8, 4) is 0 Å². The Kier molecular flexibility index (Phi) is 6.70. The first-order chi connectivity index (χ1) is 9.95. The van der Waals surface area contributed by atoms with Crippen molar-refractivity contribution in [2.24, 2.45) is 5.92 Å². The van der Waals surface area contributed by atoms with Crippen LogP contribution in [-0.4, -0.2) is 41.5 Å². The van der Waals surface area contributed by atoms with Crippen LogP contribution in [-0.2, 0) is 9.59 Å². The van der Waals surface area contributed by atoms with E-state index in [1.807, 2.05) is 4.90 Å². The molecule has 1 fully saturated rings. The van der Waals surface area contributed by atoms with Crippen molar-refractivity contribution in [2.45, 2.75) is 12.8 Å². The van der Waals surface area contributed by atoms with Crippen LogP contribution >= 0.6 is 12.4 Å². The Morgan fingerprint density at radius 2 is 1.86 bits per heavy atom. The summed E-state index contributed by atoms with van der Waals surface area (Å²) in [5.41, 5.74) is 0.194. The first-order valence-electron chi connectivity index (χ1n) is 6.66. The number of hydrogen-bond acceptors (Lipinski definition) is 3. The number of halogens is 3. The van der Waals surface area contributed by atoms with E-state index >= 15 is 0 Å².